The van der Waals surface area contributed by atoms with Crippen molar-refractivity contribution in [3.8, 4) is 0 Å². The lowest BCUT2D eigenvalue weighted by Gasteiger charge is -2.20. The number of hydrogen-bond acceptors (Lipinski definition) is 3. The molecular formula is C13H21FN2O. The molecule has 0 aliphatic rings. The molecular weight excluding hydrogens is 219 g/mol. The lowest BCUT2D eigenvalue weighted by molar-refractivity contribution is 0.223. The zero-order valence-corrected chi connectivity index (χ0v) is 10.3. The van der Waals surface area contributed by atoms with Gasteiger partial charge >= 0.3 is 0 Å². The van der Waals surface area contributed by atoms with E-state index in [0.717, 1.165) is 13.1 Å². The van der Waals surface area contributed by atoms with Crippen molar-refractivity contribution < 1.29 is 9.50 Å². The van der Waals surface area contributed by atoms with Crippen LogP contribution in [0.1, 0.15) is 24.5 Å². The van der Waals surface area contributed by atoms with E-state index in [1.54, 1.807) is 12.1 Å². The van der Waals surface area contributed by atoms with Gasteiger partial charge in [-0.1, -0.05) is 25.1 Å². The van der Waals surface area contributed by atoms with Crippen molar-refractivity contribution in [3.63, 3.8) is 0 Å². The predicted octanol–water partition coefficient (Wildman–Crippen LogP) is 1.49. The Hall–Kier alpha value is -0.970. The highest BCUT2D eigenvalue weighted by Crippen LogP contribution is 2.14. The summed E-state index contributed by atoms with van der Waals surface area (Å²) in [6, 6.07) is 5.33. The van der Waals surface area contributed by atoms with Crippen molar-refractivity contribution in [2.75, 3.05) is 19.7 Å². The van der Waals surface area contributed by atoms with Crippen LogP contribution in [0.3, 0.4) is 0 Å². The van der Waals surface area contributed by atoms with Gasteiger partial charge in [0.2, 0.25) is 0 Å². The molecule has 0 saturated heterocycles. The quantitative estimate of drug-likeness (QED) is 0.759. The molecule has 0 aromatic heterocycles. The fourth-order valence-corrected chi connectivity index (χ4v) is 1.80. The molecule has 3 nitrogen and oxygen atoms in total. The number of nitrogens with zero attached hydrogens (tertiary/aromatic N) is 1. The van der Waals surface area contributed by atoms with E-state index in [0.29, 0.717) is 24.1 Å². The second kappa shape index (κ2) is 7.37. The van der Waals surface area contributed by atoms with Crippen molar-refractivity contribution in [2.24, 2.45) is 5.73 Å². The molecule has 0 atom stereocenters. The number of hydrogen-bond donors (Lipinski definition) is 2. The van der Waals surface area contributed by atoms with Crippen molar-refractivity contribution >= 4 is 0 Å². The highest BCUT2D eigenvalue weighted by atomic mass is 19.1. The summed E-state index contributed by atoms with van der Waals surface area (Å²) in [5.41, 5.74) is 6.71. The Morgan fingerprint density at radius 2 is 2.06 bits per heavy atom. The molecule has 1 aromatic rings. The van der Waals surface area contributed by atoms with Crippen LogP contribution in [0.25, 0.3) is 0 Å². The Morgan fingerprint density at radius 3 is 2.65 bits per heavy atom. The Balaban J connectivity index is 2.72. The molecule has 1 aromatic carbocycles. The number of aliphatic hydroxyl groups is 1. The molecule has 0 heterocycles. The third-order valence-corrected chi connectivity index (χ3v) is 2.85. The van der Waals surface area contributed by atoms with E-state index in [-0.39, 0.29) is 19.0 Å². The van der Waals surface area contributed by atoms with Crippen LogP contribution in [0.4, 0.5) is 4.39 Å². The molecule has 0 unspecified atom stereocenters. The van der Waals surface area contributed by atoms with E-state index < -0.39 is 0 Å². The number of aliphatic hydroxyl groups excluding tert-OH is 1. The van der Waals surface area contributed by atoms with Crippen molar-refractivity contribution in [3.05, 3.63) is 35.1 Å². The van der Waals surface area contributed by atoms with Gasteiger partial charge in [-0.3, -0.25) is 4.90 Å². The molecule has 3 N–H and O–H groups in total. The lowest BCUT2D eigenvalue weighted by atomic mass is 10.1. The van der Waals surface area contributed by atoms with Crippen molar-refractivity contribution in [1.82, 2.24) is 4.90 Å². The molecule has 0 spiro atoms. The van der Waals surface area contributed by atoms with Gasteiger partial charge in [0.25, 0.3) is 0 Å². The second-order valence-electron chi connectivity index (χ2n) is 4.04. The third-order valence-electron chi connectivity index (χ3n) is 2.85. The minimum Gasteiger partial charge on any atom is -0.396 e. The molecule has 0 amide bonds. The van der Waals surface area contributed by atoms with Gasteiger partial charge in [0.1, 0.15) is 5.82 Å². The third kappa shape index (κ3) is 4.07. The van der Waals surface area contributed by atoms with E-state index in [9.17, 15) is 4.39 Å². The highest BCUT2D eigenvalue weighted by molar-refractivity contribution is 5.25. The summed E-state index contributed by atoms with van der Waals surface area (Å²) in [6.07, 6.45) is 0.714. The van der Waals surface area contributed by atoms with Gasteiger partial charge in [-0.25, -0.2) is 4.39 Å². The number of benzene rings is 1. The monoisotopic (exact) mass is 240 g/mol. The van der Waals surface area contributed by atoms with Gasteiger partial charge < -0.3 is 10.8 Å². The van der Waals surface area contributed by atoms with Gasteiger partial charge in [0.05, 0.1) is 0 Å². The Kier molecular flexibility index (Phi) is 6.11. The number of halogens is 1. The lowest BCUT2D eigenvalue weighted by Crippen LogP contribution is -2.25. The Labute approximate surface area is 102 Å². The first kappa shape index (κ1) is 14.1. The second-order valence-corrected chi connectivity index (χ2v) is 4.04. The summed E-state index contributed by atoms with van der Waals surface area (Å²) >= 11 is 0. The van der Waals surface area contributed by atoms with Crippen LogP contribution in [0.5, 0.6) is 0 Å². The molecule has 0 fully saturated rings. The molecule has 0 saturated carbocycles. The smallest absolute Gasteiger partial charge is 0.132 e. The first-order valence-electron chi connectivity index (χ1n) is 6.02. The predicted molar refractivity (Wildman–Crippen MR) is 66.9 cm³/mol. The molecule has 0 aliphatic carbocycles. The normalized spacial score (nSPS) is 11.1. The fraction of sp³-hybridized carbons (Fsp3) is 0.538. The number of rotatable bonds is 7. The van der Waals surface area contributed by atoms with Gasteiger partial charge in [-0.15, -0.1) is 0 Å². The first-order valence-corrected chi connectivity index (χ1v) is 6.02. The van der Waals surface area contributed by atoms with Crippen molar-refractivity contribution in [1.29, 1.82) is 0 Å². The molecule has 96 valence electrons. The van der Waals surface area contributed by atoms with Crippen LogP contribution < -0.4 is 5.73 Å². The fourth-order valence-electron chi connectivity index (χ4n) is 1.80. The summed E-state index contributed by atoms with van der Waals surface area (Å²) < 4.78 is 13.9. The maximum atomic E-state index is 13.9. The summed E-state index contributed by atoms with van der Waals surface area (Å²) in [4.78, 5) is 2.11. The van der Waals surface area contributed by atoms with E-state index in [2.05, 4.69) is 4.90 Å². The van der Waals surface area contributed by atoms with Crippen LogP contribution in [-0.4, -0.2) is 29.7 Å². The minimum atomic E-state index is -0.197. The van der Waals surface area contributed by atoms with Gasteiger partial charge in [0, 0.05) is 37.4 Å². The van der Waals surface area contributed by atoms with Crippen LogP contribution in [0.2, 0.25) is 0 Å². The standard InChI is InChI=1S/C13H21FN2O/c1-2-16(7-4-8-17)10-12-6-3-5-11(9-15)13(12)14/h3,5-6,17H,2,4,7-10,15H2,1H3. The first-order chi connectivity index (χ1) is 8.22. The van der Waals surface area contributed by atoms with Crippen LogP contribution in [-0.2, 0) is 13.1 Å². The molecule has 17 heavy (non-hydrogen) atoms. The molecule has 0 aliphatic heterocycles. The zero-order valence-electron chi connectivity index (χ0n) is 10.3. The maximum absolute atomic E-state index is 13.9. The van der Waals surface area contributed by atoms with E-state index in [1.807, 2.05) is 13.0 Å². The summed E-state index contributed by atoms with van der Waals surface area (Å²) in [5, 5.41) is 8.80. The largest absolute Gasteiger partial charge is 0.396 e. The van der Waals surface area contributed by atoms with Gasteiger partial charge in [-0.2, -0.15) is 0 Å². The highest BCUT2D eigenvalue weighted by Gasteiger charge is 2.10. The van der Waals surface area contributed by atoms with Crippen LogP contribution in [0, 0.1) is 5.82 Å². The van der Waals surface area contributed by atoms with Gasteiger partial charge in [-0.05, 0) is 13.0 Å². The summed E-state index contributed by atoms with van der Waals surface area (Å²) in [7, 11) is 0. The molecule has 0 bridgehead atoms. The van der Waals surface area contributed by atoms with Gasteiger partial charge in [0.15, 0.2) is 0 Å². The maximum Gasteiger partial charge on any atom is 0.132 e. The number of nitrogens with two attached hydrogens (primary N) is 1. The van der Waals surface area contributed by atoms with E-state index >= 15 is 0 Å². The summed E-state index contributed by atoms with van der Waals surface area (Å²) in [6.45, 7) is 4.61. The topological polar surface area (TPSA) is 49.5 Å². The average molecular weight is 240 g/mol. The Bertz CT molecular complexity index is 344. The zero-order chi connectivity index (χ0) is 12.7. The van der Waals surface area contributed by atoms with Crippen molar-refractivity contribution in [2.45, 2.75) is 26.4 Å². The molecule has 4 heteroatoms. The van der Waals surface area contributed by atoms with Crippen LogP contribution >= 0.6 is 0 Å². The molecule has 0 radical (unpaired) electrons. The average Bonchev–Trinajstić information content (AvgIpc) is 2.36. The summed E-state index contributed by atoms with van der Waals surface area (Å²) in [5.74, 6) is -0.197. The Morgan fingerprint density at radius 1 is 1.35 bits per heavy atom. The van der Waals surface area contributed by atoms with E-state index in [4.69, 9.17) is 10.8 Å². The van der Waals surface area contributed by atoms with Crippen LogP contribution in [0.15, 0.2) is 18.2 Å². The minimum absolute atomic E-state index is 0.168. The SMILES string of the molecule is CCN(CCCO)Cc1cccc(CN)c1F. The van der Waals surface area contributed by atoms with E-state index in [1.165, 1.54) is 0 Å². The molecule has 1 rings (SSSR count).